The molecule has 2 saturated heterocycles. The lowest BCUT2D eigenvalue weighted by Crippen LogP contribution is -2.35. The molecule has 1 aliphatic carbocycles. The standard InChI is InChI=1S/C21H33N3OS/c25-21(22-18-6-7-18)10-5-17-4-3-13-24(14-17)16-20-9-8-19(26-20)15-23-11-1-2-12-23/h8-9,17-18H,1-7,10-16H2,(H,22,25). The molecule has 1 N–H and O–H groups in total. The van der Waals surface area contributed by atoms with E-state index in [1.54, 1.807) is 0 Å². The van der Waals surface area contributed by atoms with Crippen LogP contribution in [0.5, 0.6) is 0 Å². The molecule has 5 heteroatoms. The zero-order chi connectivity index (χ0) is 17.8. The Bertz CT molecular complexity index is 592. The molecule has 1 amide bonds. The second-order valence-electron chi connectivity index (χ2n) is 8.48. The van der Waals surface area contributed by atoms with Gasteiger partial charge in [0.2, 0.25) is 5.91 Å². The molecule has 0 radical (unpaired) electrons. The fourth-order valence-corrected chi connectivity index (χ4v) is 5.47. The lowest BCUT2D eigenvalue weighted by Gasteiger charge is -2.32. The van der Waals surface area contributed by atoms with Crippen molar-refractivity contribution in [2.75, 3.05) is 26.2 Å². The number of nitrogens with one attached hydrogen (secondary N) is 1. The molecule has 3 fully saturated rings. The van der Waals surface area contributed by atoms with Crippen LogP contribution in [0, 0.1) is 5.92 Å². The minimum absolute atomic E-state index is 0.273. The topological polar surface area (TPSA) is 35.6 Å². The molecule has 1 saturated carbocycles. The van der Waals surface area contributed by atoms with Crippen molar-refractivity contribution in [1.82, 2.24) is 15.1 Å². The van der Waals surface area contributed by atoms with Gasteiger partial charge in [-0.2, -0.15) is 0 Å². The van der Waals surface area contributed by atoms with Gasteiger partial charge in [0.15, 0.2) is 0 Å². The van der Waals surface area contributed by atoms with Crippen molar-refractivity contribution in [3.8, 4) is 0 Å². The van der Waals surface area contributed by atoms with Crippen molar-refractivity contribution in [2.24, 2.45) is 5.92 Å². The van der Waals surface area contributed by atoms with E-state index in [-0.39, 0.29) is 5.91 Å². The minimum Gasteiger partial charge on any atom is -0.353 e. The van der Waals surface area contributed by atoms with Gasteiger partial charge in [-0.15, -0.1) is 11.3 Å². The van der Waals surface area contributed by atoms with Crippen LogP contribution in [0.4, 0.5) is 0 Å². The van der Waals surface area contributed by atoms with Crippen molar-refractivity contribution in [3.05, 3.63) is 21.9 Å². The van der Waals surface area contributed by atoms with E-state index in [0.717, 1.165) is 26.1 Å². The van der Waals surface area contributed by atoms with E-state index in [9.17, 15) is 4.79 Å². The van der Waals surface area contributed by atoms with Gasteiger partial charge in [0.25, 0.3) is 0 Å². The third-order valence-corrected chi connectivity index (χ3v) is 7.05. The normalized spacial score (nSPS) is 24.8. The van der Waals surface area contributed by atoms with Crippen LogP contribution < -0.4 is 5.32 Å². The van der Waals surface area contributed by atoms with E-state index in [1.807, 2.05) is 11.3 Å². The smallest absolute Gasteiger partial charge is 0.220 e. The van der Waals surface area contributed by atoms with Crippen LogP contribution in [-0.4, -0.2) is 47.9 Å². The van der Waals surface area contributed by atoms with Crippen molar-refractivity contribution in [1.29, 1.82) is 0 Å². The highest BCUT2D eigenvalue weighted by atomic mass is 32.1. The van der Waals surface area contributed by atoms with E-state index < -0.39 is 0 Å². The number of hydrogen-bond donors (Lipinski definition) is 1. The van der Waals surface area contributed by atoms with Crippen LogP contribution in [0.1, 0.15) is 61.1 Å². The first-order chi connectivity index (χ1) is 12.7. The van der Waals surface area contributed by atoms with Crippen molar-refractivity contribution in [2.45, 2.75) is 70.5 Å². The third kappa shape index (κ3) is 5.54. The summed E-state index contributed by atoms with van der Waals surface area (Å²) in [5, 5.41) is 3.12. The summed E-state index contributed by atoms with van der Waals surface area (Å²) in [6.07, 6.45) is 9.44. The molecule has 1 unspecified atom stereocenters. The number of rotatable bonds is 8. The number of thiophene rings is 1. The number of carbonyl (C=O) groups is 1. The first kappa shape index (κ1) is 18.5. The number of carbonyl (C=O) groups excluding carboxylic acids is 1. The van der Waals surface area contributed by atoms with Gasteiger partial charge in [0, 0.05) is 41.9 Å². The van der Waals surface area contributed by atoms with E-state index in [1.165, 1.54) is 67.9 Å². The highest BCUT2D eigenvalue weighted by molar-refractivity contribution is 7.11. The first-order valence-electron chi connectivity index (χ1n) is 10.6. The summed E-state index contributed by atoms with van der Waals surface area (Å²) in [5.74, 6) is 0.965. The Hall–Kier alpha value is -0.910. The van der Waals surface area contributed by atoms with Gasteiger partial charge in [-0.05, 0) is 82.6 Å². The fraction of sp³-hybridized carbons (Fsp3) is 0.762. The first-order valence-corrected chi connectivity index (χ1v) is 11.4. The fourth-order valence-electron chi connectivity index (χ4n) is 4.37. The molecule has 0 spiro atoms. The molecule has 26 heavy (non-hydrogen) atoms. The molecular weight excluding hydrogens is 342 g/mol. The van der Waals surface area contributed by atoms with Crippen LogP contribution in [0.15, 0.2) is 12.1 Å². The highest BCUT2D eigenvalue weighted by Gasteiger charge is 2.25. The lowest BCUT2D eigenvalue weighted by atomic mass is 9.93. The highest BCUT2D eigenvalue weighted by Crippen LogP contribution is 2.26. The molecule has 3 heterocycles. The summed E-state index contributed by atoms with van der Waals surface area (Å²) in [7, 11) is 0. The summed E-state index contributed by atoms with van der Waals surface area (Å²) >= 11 is 2.00. The summed E-state index contributed by atoms with van der Waals surface area (Å²) < 4.78 is 0. The van der Waals surface area contributed by atoms with Crippen LogP contribution in [0.3, 0.4) is 0 Å². The second-order valence-corrected chi connectivity index (χ2v) is 9.73. The maximum atomic E-state index is 11.9. The van der Waals surface area contributed by atoms with Crippen LogP contribution in [-0.2, 0) is 17.9 Å². The van der Waals surface area contributed by atoms with E-state index in [2.05, 4.69) is 27.2 Å². The van der Waals surface area contributed by atoms with E-state index in [0.29, 0.717) is 18.4 Å². The monoisotopic (exact) mass is 375 g/mol. The Morgan fingerprint density at radius 2 is 1.69 bits per heavy atom. The van der Waals surface area contributed by atoms with Gasteiger partial charge in [0.1, 0.15) is 0 Å². The molecule has 4 rings (SSSR count). The lowest BCUT2D eigenvalue weighted by molar-refractivity contribution is -0.121. The van der Waals surface area contributed by atoms with E-state index >= 15 is 0 Å². The maximum Gasteiger partial charge on any atom is 0.220 e. The van der Waals surface area contributed by atoms with Gasteiger partial charge in [-0.25, -0.2) is 0 Å². The summed E-state index contributed by atoms with van der Waals surface area (Å²) in [6.45, 7) is 7.16. The largest absolute Gasteiger partial charge is 0.353 e. The van der Waals surface area contributed by atoms with E-state index in [4.69, 9.17) is 0 Å². The number of nitrogens with zero attached hydrogens (tertiary/aromatic N) is 2. The molecule has 2 aliphatic heterocycles. The second kappa shape index (κ2) is 8.85. The molecule has 3 aliphatic rings. The van der Waals surface area contributed by atoms with Gasteiger partial charge < -0.3 is 5.32 Å². The Kier molecular flexibility index (Phi) is 6.28. The Balaban J connectivity index is 1.20. The minimum atomic E-state index is 0.273. The van der Waals surface area contributed by atoms with Gasteiger partial charge in [-0.1, -0.05) is 0 Å². The number of hydrogen-bond acceptors (Lipinski definition) is 4. The summed E-state index contributed by atoms with van der Waals surface area (Å²) in [6, 6.07) is 5.17. The number of amides is 1. The third-order valence-electron chi connectivity index (χ3n) is 6.00. The average molecular weight is 376 g/mol. The molecule has 1 aromatic heterocycles. The van der Waals surface area contributed by atoms with Crippen LogP contribution in [0.25, 0.3) is 0 Å². The maximum absolute atomic E-state index is 11.9. The SMILES string of the molecule is O=C(CCC1CCCN(Cc2ccc(CN3CCCC3)s2)C1)NC1CC1. The predicted octanol–water partition coefficient (Wildman–Crippen LogP) is 3.61. The summed E-state index contributed by atoms with van der Waals surface area (Å²) in [5.41, 5.74) is 0. The number of piperidine rings is 1. The molecule has 0 aromatic carbocycles. The molecular formula is C21H33N3OS. The Morgan fingerprint density at radius 1 is 1.00 bits per heavy atom. The van der Waals surface area contributed by atoms with Crippen molar-refractivity contribution < 1.29 is 4.79 Å². The van der Waals surface area contributed by atoms with Gasteiger partial charge >= 0.3 is 0 Å². The predicted molar refractivity (Wildman–Crippen MR) is 107 cm³/mol. The number of likely N-dealkylation sites (tertiary alicyclic amines) is 2. The molecule has 4 nitrogen and oxygen atoms in total. The molecule has 144 valence electrons. The quantitative estimate of drug-likeness (QED) is 0.754. The molecule has 1 aromatic rings. The Morgan fingerprint density at radius 3 is 2.42 bits per heavy atom. The molecule has 1 atom stereocenters. The van der Waals surface area contributed by atoms with Crippen molar-refractivity contribution >= 4 is 17.2 Å². The van der Waals surface area contributed by atoms with Crippen molar-refractivity contribution in [3.63, 3.8) is 0 Å². The van der Waals surface area contributed by atoms with Gasteiger partial charge in [0.05, 0.1) is 0 Å². The summed E-state index contributed by atoms with van der Waals surface area (Å²) in [4.78, 5) is 20.1. The average Bonchev–Trinajstić information content (AvgIpc) is 3.11. The Labute approximate surface area is 161 Å². The molecule has 0 bridgehead atoms. The zero-order valence-corrected chi connectivity index (χ0v) is 16.7. The van der Waals surface area contributed by atoms with Crippen LogP contribution in [0.2, 0.25) is 0 Å². The van der Waals surface area contributed by atoms with Crippen LogP contribution >= 0.6 is 11.3 Å². The zero-order valence-electron chi connectivity index (χ0n) is 15.9. The van der Waals surface area contributed by atoms with Gasteiger partial charge in [-0.3, -0.25) is 14.6 Å².